The lowest BCUT2D eigenvalue weighted by Gasteiger charge is -2.09. The molecule has 186 valence electrons. The van der Waals surface area contributed by atoms with Crippen LogP contribution in [0, 0.1) is 15.9 Å². The van der Waals surface area contributed by atoms with Gasteiger partial charge in [-0.3, -0.25) is 14.8 Å². The number of rotatable bonds is 5. The molecule has 3 N–H and O–H groups in total. The molecule has 2 aromatic heterocycles. The summed E-state index contributed by atoms with van der Waals surface area (Å²) in [5, 5.41) is 36.8. The second kappa shape index (κ2) is 11.7. The molecule has 0 unspecified atom stereocenters. The summed E-state index contributed by atoms with van der Waals surface area (Å²) in [6.07, 6.45) is 3.02. The summed E-state index contributed by atoms with van der Waals surface area (Å²) in [6.45, 7) is 4.43. The van der Waals surface area contributed by atoms with Gasteiger partial charge in [0.1, 0.15) is 18.0 Å². The Bertz CT molecular complexity index is 1510. The number of aliphatic hydroxyl groups excluding tert-OH is 1. The van der Waals surface area contributed by atoms with E-state index in [-0.39, 0.29) is 5.82 Å². The first kappa shape index (κ1) is 26.0. The summed E-state index contributed by atoms with van der Waals surface area (Å²) in [6, 6.07) is 14.4. The molecular formula is C25H25FN6O4. The molecular weight excluding hydrogens is 467 g/mol. The maximum Gasteiger partial charge on any atom is 0.311 e. The Morgan fingerprint density at radius 3 is 2.58 bits per heavy atom. The van der Waals surface area contributed by atoms with Crippen molar-refractivity contribution in [3.05, 3.63) is 88.6 Å². The molecule has 0 amide bonds. The third-order valence-electron chi connectivity index (χ3n) is 5.05. The number of phenolic OH excluding ortho intramolecular Hbond substituents is 1. The molecule has 5 rings (SSSR count). The minimum Gasteiger partial charge on any atom is -0.502 e. The standard InChI is InChI=1S/C22H15FN6O3.C2H6.CH4O/c23-15-3-1-2-13(6-15)11-28-19-5-4-16(7-14(19)10-26-28)27-22-17-8-20(29(31)32)21(30)9-18(17)24-12-25-22;2*1-2/h1-10,12,30H,11H2,(H,24,25,27);1-2H3;2H,1H3. The summed E-state index contributed by atoms with van der Waals surface area (Å²) in [5.41, 5.74) is 2.31. The molecule has 3 aromatic carbocycles. The number of fused-ring (bicyclic) bond motifs is 2. The number of halogens is 1. The van der Waals surface area contributed by atoms with E-state index in [0.29, 0.717) is 29.0 Å². The van der Waals surface area contributed by atoms with E-state index < -0.39 is 16.4 Å². The molecule has 0 spiro atoms. The van der Waals surface area contributed by atoms with Crippen LogP contribution in [0.4, 0.5) is 21.6 Å². The first-order valence-electron chi connectivity index (χ1n) is 11.0. The number of nitro benzene ring substituents is 1. The molecule has 0 aliphatic heterocycles. The summed E-state index contributed by atoms with van der Waals surface area (Å²) >= 11 is 0. The van der Waals surface area contributed by atoms with E-state index in [2.05, 4.69) is 20.4 Å². The maximum atomic E-state index is 13.5. The van der Waals surface area contributed by atoms with Crippen LogP contribution >= 0.6 is 0 Å². The lowest BCUT2D eigenvalue weighted by Crippen LogP contribution is -2.01. The number of aliphatic hydroxyl groups is 1. The van der Waals surface area contributed by atoms with Crippen LogP contribution in [0.3, 0.4) is 0 Å². The van der Waals surface area contributed by atoms with Gasteiger partial charge in [0, 0.05) is 30.3 Å². The number of phenols is 1. The number of hydrogen-bond acceptors (Lipinski definition) is 8. The summed E-state index contributed by atoms with van der Waals surface area (Å²) in [5.74, 6) is -0.389. The van der Waals surface area contributed by atoms with E-state index in [4.69, 9.17) is 5.11 Å². The van der Waals surface area contributed by atoms with Crippen LogP contribution in [0.2, 0.25) is 0 Å². The highest BCUT2D eigenvalue weighted by Crippen LogP contribution is 2.33. The Hall–Kier alpha value is -4.64. The molecule has 2 heterocycles. The van der Waals surface area contributed by atoms with E-state index in [1.807, 2.05) is 38.1 Å². The maximum absolute atomic E-state index is 13.5. The van der Waals surface area contributed by atoms with Gasteiger partial charge < -0.3 is 15.5 Å². The minimum atomic E-state index is -0.662. The molecule has 0 aliphatic carbocycles. The van der Waals surface area contributed by atoms with Crippen LogP contribution in [0.15, 0.2) is 67.1 Å². The van der Waals surface area contributed by atoms with Gasteiger partial charge in [0.05, 0.1) is 34.1 Å². The van der Waals surface area contributed by atoms with E-state index in [1.54, 1.807) is 16.9 Å². The van der Waals surface area contributed by atoms with Crippen molar-refractivity contribution in [2.75, 3.05) is 12.4 Å². The fourth-order valence-electron chi connectivity index (χ4n) is 3.56. The highest BCUT2D eigenvalue weighted by Gasteiger charge is 2.17. The quantitative estimate of drug-likeness (QED) is 0.226. The lowest BCUT2D eigenvalue weighted by atomic mass is 10.2. The van der Waals surface area contributed by atoms with E-state index in [9.17, 15) is 19.6 Å². The predicted molar refractivity (Wildman–Crippen MR) is 136 cm³/mol. The molecule has 0 fully saturated rings. The summed E-state index contributed by atoms with van der Waals surface area (Å²) in [4.78, 5) is 18.8. The zero-order valence-electron chi connectivity index (χ0n) is 19.9. The van der Waals surface area contributed by atoms with Crippen LogP contribution < -0.4 is 5.32 Å². The minimum absolute atomic E-state index is 0.295. The van der Waals surface area contributed by atoms with Crippen LogP contribution in [-0.4, -0.2) is 42.0 Å². The van der Waals surface area contributed by atoms with Crippen molar-refractivity contribution in [3.63, 3.8) is 0 Å². The van der Waals surface area contributed by atoms with Crippen molar-refractivity contribution < 1.29 is 19.5 Å². The number of hydrogen-bond donors (Lipinski definition) is 3. The largest absolute Gasteiger partial charge is 0.502 e. The average molecular weight is 493 g/mol. The molecule has 0 saturated heterocycles. The smallest absolute Gasteiger partial charge is 0.311 e. The van der Waals surface area contributed by atoms with Gasteiger partial charge in [-0.1, -0.05) is 26.0 Å². The first-order valence-corrected chi connectivity index (χ1v) is 11.0. The van der Waals surface area contributed by atoms with Gasteiger partial charge in [-0.2, -0.15) is 5.10 Å². The van der Waals surface area contributed by atoms with Crippen molar-refractivity contribution in [2.45, 2.75) is 20.4 Å². The molecule has 36 heavy (non-hydrogen) atoms. The number of nitrogens with one attached hydrogen (secondary N) is 1. The van der Waals surface area contributed by atoms with E-state index in [1.165, 1.54) is 30.6 Å². The molecule has 5 aromatic rings. The Morgan fingerprint density at radius 1 is 1.08 bits per heavy atom. The Morgan fingerprint density at radius 2 is 1.86 bits per heavy atom. The van der Waals surface area contributed by atoms with Gasteiger partial charge in [-0.05, 0) is 35.9 Å². The van der Waals surface area contributed by atoms with E-state index >= 15 is 0 Å². The SMILES string of the molecule is CC.CO.O=[N+]([O-])c1cc2c(Nc3ccc4c(cnn4Cc4cccc(F)c4)c3)ncnc2cc1O. The van der Waals surface area contributed by atoms with Gasteiger partial charge in [0.15, 0.2) is 5.75 Å². The van der Waals surface area contributed by atoms with Crippen LogP contribution in [0.1, 0.15) is 19.4 Å². The number of nitro groups is 1. The van der Waals surface area contributed by atoms with Crippen LogP contribution in [0.5, 0.6) is 5.75 Å². The molecule has 0 radical (unpaired) electrons. The Kier molecular flexibility index (Phi) is 8.42. The monoisotopic (exact) mass is 492 g/mol. The number of anilines is 2. The second-order valence-electron chi connectivity index (χ2n) is 7.17. The topological polar surface area (TPSA) is 139 Å². The zero-order chi connectivity index (χ0) is 26.2. The Balaban J connectivity index is 0.000000861. The van der Waals surface area contributed by atoms with Crippen molar-refractivity contribution in [1.29, 1.82) is 0 Å². The highest BCUT2D eigenvalue weighted by atomic mass is 19.1. The van der Waals surface area contributed by atoms with Gasteiger partial charge in [0.2, 0.25) is 0 Å². The van der Waals surface area contributed by atoms with Gasteiger partial charge in [-0.15, -0.1) is 0 Å². The van der Waals surface area contributed by atoms with Crippen molar-refractivity contribution in [2.24, 2.45) is 0 Å². The number of benzene rings is 3. The van der Waals surface area contributed by atoms with Crippen LogP contribution in [-0.2, 0) is 6.54 Å². The number of aromatic nitrogens is 4. The number of nitrogens with zero attached hydrogens (tertiary/aromatic N) is 5. The third kappa shape index (κ3) is 5.53. The van der Waals surface area contributed by atoms with Gasteiger partial charge in [0.25, 0.3) is 0 Å². The fraction of sp³-hybridized carbons (Fsp3) is 0.160. The number of aromatic hydroxyl groups is 1. The normalized spacial score (nSPS) is 10.2. The van der Waals surface area contributed by atoms with Crippen molar-refractivity contribution >= 4 is 39.0 Å². The van der Waals surface area contributed by atoms with Crippen molar-refractivity contribution in [1.82, 2.24) is 19.7 Å². The van der Waals surface area contributed by atoms with Gasteiger partial charge in [-0.25, -0.2) is 14.4 Å². The van der Waals surface area contributed by atoms with E-state index in [0.717, 1.165) is 23.6 Å². The average Bonchev–Trinajstić information content (AvgIpc) is 3.28. The zero-order valence-corrected chi connectivity index (χ0v) is 19.9. The second-order valence-corrected chi connectivity index (χ2v) is 7.17. The molecule has 11 heteroatoms. The Labute approximate surface area is 205 Å². The summed E-state index contributed by atoms with van der Waals surface area (Å²) in [7, 11) is 1.00. The molecule has 0 bridgehead atoms. The van der Waals surface area contributed by atoms with Crippen LogP contribution in [0.25, 0.3) is 21.8 Å². The fourth-order valence-corrected chi connectivity index (χ4v) is 3.56. The molecule has 0 atom stereocenters. The van der Waals surface area contributed by atoms with Gasteiger partial charge >= 0.3 is 5.69 Å². The molecule has 0 aliphatic rings. The highest BCUT2D eigenvalue weighted by molar-refractivity contribution is 5.94. The first-order chi connectivity index (χ1) is 17.5. The summed E-state index contributed by atoms with van der Waals surface area (Å²) < 4.78 is 15.3. The molecule has 0 saturated carbocycles. The molecule has 10 nitrogen and oxygen atoms in total. The lowest BCUT2D eigenvalue weighted by molar-refractivity contribution is -0.385. The van der Waals surface area contributed by atoms with Crippen molar-refractivity contribution in [3.8, 4) is 5.75 Å². The third-order valence-corrected chi connectivity index (χ3v) is 5.05. The predicted octanol–water partition coefficient (Wildman–Crippen LogP) is 5.16.